The SMILES string of the molecule is CC(C)(C)c1ncc2ccsc2n1. The van der Waals surface area contributed by atoms with Gasteiger partial charge in [0.15, 0.2) is 0 Å². The van der Waals surface area contributed by atoms with Crippen molar-refractivity contribution in [1.29, 1.82) is 0 Å². The highest BCUT2D eigenvalue weighted by molar-refractivity contribution is 7.16. The summed E-state index contributed by atoms with van der Waals surface area (Å²) < 4.78 is 0. The second kappa shape index (κ2) is 2.77. The van der Waals surface area contributed by atoms with Gasteiger partial charge >= 0.3 is 0 Å². The van der Waals surface area contributed by atoms with Crippen molar-refractivity contribution >= 4 is 21.6 Å². The maximum Gasteiger partial charge on any atom is 0.135 e. The maximum absolute atomic E-state index is 4.51. The number of thiophene rings is 1. The van der Waals surface area contributed by atoms with Crippen molar-refractivity contribution in [1.82, 2.24) is 9.97 Å². The number of nitrogens with zero attached hydrogens (tertiary/aromatic N) is 2. The largest absolute Gasteiger partial charge is 0.240 e. The summed E-state index contributed by atoms with van der Waals surface area (Å²) in [6.07, 6.45) is 1.90. The molecule has 13 heavy (non-hydrogen) atoms. The van der Waals surface area contributed by atoms with Crippen molar-refractivity contribution in [3.05, 3.63) is 23.5 Å². The van der Waals surface area contributed by atoms with Gasteiger partial charge in [-0.15, -0.1) is 11.3 Å². The van der Waals surface area contributed by atoms with E-state index in [4.69, 9.17) is 0 Å². The van der Waals surface area contributed by atoms with E-state index in [1.54, 1.807) is 11.3 Å². The van der Waals surface area contributed by atoms with Gasteiger partial charge in [-0.25, -0.2) is 9.97 Å². The van der Waals surface area contributed by atoms with Crippen LogP contribution < -0.4 is 0 Å². The second-order valence-corrected chi connectivity index (χ2v) is 5.02. The first kappa shape index (κ1) is 8.63. The topological polar surface area (TPSA) is 25.8 Å². The summed E-state index contributed by atoms with van der Waals surface area (Å²) in [5.74, 6) is 0.919. The highest BCUT2D eigenvalue weighted by Gasteiger charge is 2.17. The molecule has 0 bridgehead atoms. The van der Waals surface area contributed by atoms with Gasteiger partial charge in [-0.05, 0) is 11.4 Å². The van der Waals surface area contributed by atoms with Crippen LogP contribution in [0.4, 0.5) is 0 Å². The van der Waals surface area contributed by atoms with E-state index in [0.717, 1.165) is 16.0 Å². The number of aromatic nitrogens is 2. The molecule has 0 aliphatic heterocycles. The van der Waals surface area contributed by atoms with E-state index in [2.05, 4.69) is 30.7 Å². The Morgan fingerprint density at radius 2 is 2.08 bits per heavy atom. The molecule has 0 spiro atoms. The Labute approximate surface area is 81.7 Å². The molecule has 0 amide bonds. The van der Waals surface area contributed by atoms with Crippen LogP contribution in [-0.4, -0.2) is 9.97 Å². The molecule has 2 nitrogen and oxygen atoms in total. The summed E-state index contributed by atoms with van der Waals surface area (Å²) in [5, 5.41) is 3.18. The average molecular weight is 192 g/mol. The summed E-state index contributed by atoms with van der Waals surface area (Å²) in [4.78, 5) is 9.94. The molecule has 2 aromatic heterocycles. The van der Waals surface area contributed by atoms with Gasteiger partial charge in [-0.2, -0.15) is 0 Å². The van der Waals surface area contributed by atoms with Gasteiger partial charge in [0, 0.05) is 17.0 Å². The van der Waals surface area contributed by atoms with Crippen LogP contribution in [-0.2, 0) is 5.41 Å². The van der Waals surface area contributed by atoms with E-state index in [1.807, 2.05) is 17.6 Å². The fraction of sp³-hybridized carbons (Fsp3) is 0.400. The minimum Gasteiger partial charge on any atom is -0.240 e. The summed E-state index contributed by atoms with van der Waals surface area (Å²) in [6.45, 7) is 6.38. The Morgan fingerprint density at radius 1 is 1.31 bits per heavy atom. The Bertz CT molecular complexity index is 426. The van der Waals surface area contributed by atoms with E-state index in [0.29, 0.717) is 0 Å². The van der Waals surface area contributed by atoms with Crippen LogP contribution >= 0.6 is 11.3 Å². The van der Waals surface area contributed by atoms with Crippen molar-refractivity contribution in [2.24, 2.45) is 0 Å². The van der Waals surface area contributed by atoms with Crippen molar-refractivity contribution in [3.8, 4) is 0 Å². The van der Waals surface area contributed by atoms with Gasteiger partial charge in [0.2, 0.25) is 0 Å². The quantitative estimate of drug-likeness (QED) is 0.641. The fourth-order valence-electron chi connectivity index (χ4n) is 1.12. The molecule has 0 radical (unpaired) electrons. The van der Waals surface area contributed by atoms with Crippen LogP contribution in [0, 0.1) is 0 Å². The molecule has 2 heterocycles. The van der Waals surface area contributed by atoms with Gasteiger partial charge < -0.3 is 0 Å². The minimum atomic E-state index is 0.0399. The Morgan fingerprint density at radius 3 is 2.77 bits per heavy atom. The Balaban J connectivity index is 2.61. The van der Waals surface area contributed by atoms with Crippen LogP contribution in [0.2, 0.25) is 0 Å². The summed E-state index contributed by atoms with van der Waals surface area (Å²) in [5.41, 5.74) is 0.0399. The van der Waals surface area contributed by atoms with Gasteiger partial charge in [0.25, 0.3) is 0 Å². The van der Waals surface area contributed by atoms with Crippen LogP contribution in [0.25, 0.3) is 10.2 Å². The van der Waals surface area contributed by atoms with Gasteiger partial charge in [-0.3, -0.25) is 0 Å². The highest BCUT2D eigenvalue weighted by atomic mass is 32.1. The average Bonchev–Trinajstić information content (AvgIpc) is 2.47. The van der Waals surface area contributed by atoms with Gasteiger partial charge in [0.1, 0.15) is 10.7 Å². The predicted octanol–water partition coefficient (Wildman–Crippen LogP) is 2.99. The van der Waals surface area contributed by atoms with Crippen molar-refractivity contribution in [2.75, 3.05) is 0 Å². The van der Waals surface area contributed by atoms with Crippen molar-refractivity contribution < 1.29 is 0 Å². The normalized spacial score (nSPS) is 12.2. The van der Waals surface area contributed by atoms with Crippen molar-refractivity contribution in [3.63, 3.8) is 0 Å². The lowest BCUT2D eigenvalue weighted by Gasteiger charge is -2.15. The van der Waals surface area contributed by atoms with Crippen LogP contribution in [0.1, 0.15) is 26.6 Å². The van der Waals surface area contributed by atoms with E-state index in [1.165, 1.54) is 0 Å². The number of rotatable bonds is 0. The van der Waals surface area contributed by atoms with Crippen LogP contribution in [0.5, 0.6) is 0 Å². The first-order chi connectivity index (χ1) is 6.07. The third-order valence-corrected chi connectivity index (χ3v) is 2.70. The number of fused-ring (bicyclic) bond motifs is 1. The molecule has 2 rings (SSSR count). The lowest BCUT2D eigenvalue weighted by atomic mass is 9.96. The molecule has 3 heteroatoms. The lowest BCUT2D eigenvalue weighted by Crippen LogP contribution is -2.15. The summed E-state index contributed by atoms with van der Waals surface area (Å²) in [7, 11) is 0. The molecule has 0 aliphatic rings. The van der Waals surface area contributed by atoms with Crippen LogP contribution in [0.3, 0.4) is 0 Å². The second-order valence-electron chi connectivity index (χ2n) is 4.12. The third kappa shape index (κ3) is 1.56. The molecule has 0 saturated carbocycles. The lowest BCUT2D eigenvalue weighted by molar-refractivity contribution is 0.549. The molecule has 2 aromatic rings. The van der Waals surface area contributed by atoms with Crippen molar-refractivity contribution in [2.45, 2.75) is 26.2 Å². The van der Waals surface area contributed by atoms with Gasteiger partial charge in [-0.1, -0.05) is 20.8 Å². The standard InChI is InChI=1S/C10H12N2S/c1-10(2,3)9-11-6-7-4-5-13-8(7)12-9/h4-6H,1-3H3. The van der Waals surface area contributed by atoms with E-state index in [-0.39, 0.29) is 5.41 Å². The predicted molar refractivity (Wildman–Crippen MR) is 56.1 cm³/mol. The number of hydrogen-bond donors (Lipinski definition) is 0. The fourth-order valence-corrected chi connectivity index (χ4v) is 1.86. The Hall–Kier alpha value is -0.960. The minimum absolute atomic E-state index is 0.0399. The summed E-state index contributed by atoms with van der Waals surface area (Å²) in [6, 6.07) is 2.05. The zero-order valence-corrected chi connectivity index (χ0v) is 8.85. The third-order valence-electron chi connectivity index (χ3n) is 1.88. The zero-order chi connectivity index (χ0) is 9.47. The molecule has 68 valence electrons. The zero-order valence-electron chi connectivity index (χ0n) is 8.03. The molecule has 0 unspecified atom stereocenters. The molecule has 0 saturated heterocycles. The van der Waals surface area contributed by atoms with E-state index in [9.17, 15) is 0 Å². The maximum atomic E-state index is 4.51. The molecule has 0 aliphatic carbocycles. The molecular formula is C10H12N2S. The molecular weight excluding hydrogens is 180 g/mol. The smallest absolute Gasteiger partial charge is 0.135 e. The molecule has 0 fully saturated rings. The molecule has 0 N–H and O–H groups in total. The van der Waals surface area contributed by atoms with Gasteiger partial charge in [0.05, 0.1) is 0 Å². The number of hydrogen-bond acceptors (Lipinski definition) is 3. The first-order valence-corrected chi connectivity index (χ1v) is 5.16. The Kier molecular flexibility index (Phi) is 1.84. The summed E-state index contributed by atoms with van der Waals surface area (Å²) >= 11 is 1.67. The van der Waals surface area contributed by atoms with E-state index >= 15 is 0 Å². The van der Waals surface area contributed by atoms with Crippen LogP contribution in [0.15, 0.2) is 17.6 Å². The van der Waals surface area contributed by atoms with E-state index < -0.39 is 0 Å². The highest BCUT2D eigenvalue weighted by Crippen LogP contribution is 2.22. The molecule has 0 aromatic carbocycles. The molecule has 0 atom stereocenters. The first-order valence-electron chi connectivity index (χ1n) is 4.28. The monoisotopic (exact) mass is 192 g/mol.